The number of aromatic nitrogens is 1. The number of aromatic amines is 1. The molecule has 1 aromatic heterocycles. The van der Waals surface area contributed by atoms with Crippen LogP contribution in [-0.4, -0.2) is 54.4 Å². The van der Waals surface area contributed by atoms with E-state index < -0.39 is 6.04 Å². The van der Waals surface area contributed by atoms with E-state index in [1.165, 1.54) is 11.0 Å². The summed E-state index contributed by atoms with van der Waals surface area (Å²) < 4.78 is 0. The maximum absolute atomic E-state index is 12.4. The van der Waals surface area contributed by atoms with Gasteiger partial charge in [0.05, 0.1) is 5.02 Å². The zero-order valence-electron chi connectivity index (χ0n) is 10.3. The first-order valence-corrected chi connectivity index (χ1v) is 6.57. The van der Waals surface area contributed by atoms with Gasteiger partial charge in [0.1, 0.15) is 16.9 Å². The molecule has 0 spiro atoms. The summed E-state index contributed by atoms with van der Waals surface area (Å²) in [6.07, 6.45) is 0. The van der Waals surface area contributed by atoms with E-state index in [0.717, 1.165) is 0 Å². The minimum absolute atomic E-state index is 0.204. The Kier molecular flexibility index (Phi) is 4.34. The highest BCUT2D eigenvalue weighted by atomic mass is 35.5. The molecule has 2 heterocycles. The van der Waals surface area contributed by atoms with Crippen molar-refractivity contribution in [1.29, 1.82) is 0 Å². The van der Waals surface area contributed by atoms with Gasteiger partial charge in [-0.2, -0.15) is 0 Å². The molecule has 1 aromatic rings. The lowest BCUT2D eigenvalue weighted by Gasteiger charge is -2.34. The number of hydrogen-bond acceptors (Lipinski definition) is 3. The van der Waals surface area contributed by atoms with Gasteiger partial charge in [0.15, 0.2) is 0 Å². The summed E-state index contributed by atoms with van der Waals surface area (Å²) >= 11 is 11.6. The zero-order valence-corrected chi connectivity index (χ0v) is 11.8. The smallest absolute Gasteiger partial charge is 0.271 e. The molecule has 2 amide bonds. The van der Waals surface area contributed by atoms with E-state index in [0.29, 0.717) is 19.6 Å². The summed E-state index contributed by atoms with van der Waals surface area (Å²) in [4.78, 5) is 28.4. The minimum Gasteiger partial charge on any atom is -0.357 e. The van der Waals surface area contributed by atoms with Crippen LogP contribution in [0.2, 0.25) is 10.2 Å². The Hall–Kier alpha value is -1.24. The number of likely N-dealkylation sites (N-methyl/N-ethyl adjacent to an activating group) is 1. The van der Waals surface area contributed by atoms with Gasteiger partial charge >= 0.3 is 0 Å². The fraction of sp³-hybridized carbons (Fsp3) is 0.455. The van der Waals surface area contributed by atoms with Gasteiger partial charge in [-0.1, -0.05) is 23.2 Å². The summed E-state index contributed by atoms with van der Waals surface area (Å²) in [5.41, 5.74) is 0.283. The van der Waals surface area contributed by atoms with E-state index in [9.17, 15) is 9.59 Å². The van der Waals surface area contributed by atoms with Gasteiger partial charge in [-0.05, 0) is 6.07 Å². The number of halogens is 2. The summed E-state index contributed by atoms with van der Waals surface area (Å²) in [6.45, 7) is 1.51. The second-order valence-corrected chi connectivity index (χ2v) is 4.96. The molecule has 0 radical (unpaired) electrons. The van der Waals surface area contributed by atoms with E-state index in [-0.39, 0.29) is 27.7 Å². The molecular formula is C11H14Cl2N4O2. The molecule has 1 saturated heterocycles. The van der Waals surface area contributed by atoms with Crippen molar-refractivity contribution in [3.8, 4) is 0 Å². The molecule has 0 aliphatic carbocycles. The first kappa shape index (κ1) is 14.2. The molecule has 1 fully saturated rings. The van der Waals surface area contributed by atoms with Gasteiger partial charge < -0.3 is 20.5 Å². The van der Waals surface area contributed by atoms with Crippen LogP contribution < -0.4 is 10.6 Å². The fourth-order valence-corrected chi connectivity index (χ4v) is 2.33. The van der Waals surface area contributed by atoms with E-state index in [4.69, 9.17) is 23.2 Å². The van der Waals surface area contributed by atoms with Crippen LogP contribution in [0.15, 0.2) is 6.07 Å². The molecule has 3 N–H and O–H groups in total. The topological polar surface area (TPSA) is 77.2 Å². The van der Waals surface area contributed by atoms with Crippen LogP contribution in [0, 0.1) is 0 Å². The van der Waals surface area contributed by atoms with Crippen LogP contribution in [0.3, 0.4) is 0 Å². The van der Waals surface area contributed by atoms with E-state index in [2.05, 4.69) is 15.6 Å². The fourth-order valence-electron chi connectivity index (χ4n) is 2.02. The number of piperazine rings is 1. The molecule has 0 saturated carbocycles. The molecule has 0 bridgehead atoms. The molecule has 1 aliphatic heterocycles. The molecule has 104 valence electrons. The van der Waals surface area contributed by atoms with Crippen molar-refractivity contribution in [2.75, 3.05) is 26.7 Å². The normalized spacial score (nSPS) is 19.3. The highest BCUT2D eigenvalue weighted by Gasteiger charge is 2.32. The van der Waals surface area contributed by atoms with E-state index >= 15 is 0 Å². The van der Waals surface area contributed by atoms with Crippen molar-refractivity contribution < 1.29 is 9.59 Å². The molecule has 8 heteroatoms. The van der Waals surface area contributed by atoms with Crippen molar-refractivity contribution in [2.24, 2.45) is 0 Å². The largest absolute Gasteiger partial charge is 0.357 e. The Balaban J connectivity index is 2.22. The highest BCUT2D eigenvalue weighted by molar-refractivity contribution is 6.41. The lowest BCUT2D eigenvalue weighted by Crippen LogP contribution is -2.59. The SMILES string of the molecule is CNC(=O)C1CNCCN1C(=O)c1cc(Cl)c(Cl)[nH]1. The number of nitrogens with zero attached hydrogens (tertiary/aromatic N) is 1. The van der Waals surface area contributed by atoms with Crippen molar-refractivity contribution in [3.63, 3.8) is 0 Å². The third-order valence-corrected chi connectivity index (χ3v) is 3.70. The molecule has 2 rings (SSSR count). The summed E-state index contributed by atoms with van der Waals surface area (Å²) in [7, 11) is 1.54. The number of nitrogens with one attached hydrogen (secondary N) is 3. The first-order valence-electron chi connectivity index (χ1n) is 5.82. The van der Waals surface area contributed by atoms with Crippen molar-refractivity contribution in [2.45, 2.75) is 6.04 Å². The molecule has 0 aromatic carbocycles. The lowest BCUT2D eigenvalue weighted by atomic mass is 10.1. The molecule has 6 nitrogen and oxygen atoms in total. The molecule has 19 heavy (non-hydrogen) atoms. The zero-order chi connectivity index (χ0) is 14.0. The van der Waals surface area contributed by atoms with Gasteiger partial charge in [-0.25, -0.2) is 0 Å². The second-order valence-electron chi connectivity index (χ2n) is 4.18. The minimum atomic E-state index is -0.535. The van der Waals surface area contributed by atoms with E-state index in [1.54, 1.807) is 7.05 Å². The average Bonchev–Trinajstić information content (AvgIpc) is 2.77. The standard InChI is InChI=1S/C11H14Cl2N4O2/c1-14-10(18)8-5-15-2-3-17(8)11(19)7-4-6(12)9(13)16-7/h4,8,15-16H,2-3,5H2,1H3,(H,14,18). The summed E-state index contributed by atoms with van der Waals surface area (Å²) in [6, 6.07) is 0.932. The first-order chi connectivity index (χ1) is 9.04. The average molecular weight is 305 g/mol. The van der Waals surface area contributed by atoms with Gasteiger partial charge in [-0.3, -0.25) is 9.59 Å². The van der Waals surface area contributed by atoms with Gasteiger partial charge in [0.25, 0.3) is 5.91 Å². The number of carbonyl (C=O) groups is 2. The monoisotopic (exact) mass is 304 g/mol. The number of amides is 2. The molecular weight excluding hydrogens is 291 g/mol. The third kappa shape index (κ3) is 2.86. The Morgan fingerprint density at radius 3 is 2.79 bits per heavy atom. The van der Waals surface area contributed by atoms with Crippen LogP contribution in [0.1, 0.15) is 10.5 Å². The van der Waals surface area contributed by atoms with E-state index in [1.807, 2.05) is 0 Å². The quantitative estimate of drug-likeness (QED) is 0.744. The van der Waals surface area contributed by atoms with Crippen LogP contribution in [0.25, 0.3) is 0 Å². The van der Waals surface area contributed by atoms with Crippen molar-refractivity contribution >= 4 is 35.0 Å². The molecule has 1 aliphatic rings. The van der Waals surface area contributed by atoms with Gasteiger partial charge in [0, 0.05) is 26.7 Å². The lowest BCUT2D eigenvalue weighted by molar-refractivity contribution is -0.125. The van der Waals surface area contributed by atoms with Crippen LogP contribution in [0.5, 0.6) is 0 Å². The number of carbonyl (C=O) groups excluding carboxylic acids is 2. The van der Waals surface area contributed by atoms with Crippen LogP contribution in [-0.2, 0) is 4.79 Å². The van der Waals surface area contributed by atoms with Crippen LogP contribution in [0.4, 0.5) is 0 Å². The number of rotatable bonds is 2. The van der Waals surface area contributed by atoms with Gasteiger partial charge in [0.2, 0.25) is 5.91 Å². The maximum Gasteiger partial charge on any atom is 0.271 e. The summed E-state index contributed by atoms with van der Waals surface area (Å²) in [5, 5.41) is 6.15. The Labute approximate surface area is 120 Å². The van der Waals surface area contributed by atoms with Crippen molar-refractivity contribution in [1.82, 2.24) is 20.5 Å². The number of hydrogen-bond donors (Lipinski definition) is 3. The Morgan fingerprint density at radius 2 is 2.21 bits per heavy atom. The molecule has 1 unspecified atom stereocenters. The summed E-state index contributed by atoms with van der Waals surface area (Å²) in [5.74, 6) is -0.492. The Bertz CT molecular complexity index is 483. The predicted octanol–water partition coefficient (Wildman–Crippen LogP) is 0.482. The number of H-pyrrole nitrogens is 1. The van der Waals surface area contributed by atoms with Gasteiger partial charge in [-0.15, -0.1) is 0 Å². The van der Waals surface area contributed by atoms with Crippen LogP contribution >= 0.6 is 23.2 Å². The molecule has 1 atom stereocenters. The van der Waals surface area contributed by atoms with Crippen molar-refractivity contribution in [3.05, 3.63) is 21.9 Å². The highest BCUT2D eigenvalue weighted by Crippen LogP contribution is 2.23. The Morgan fingerprint density at radius 1 is 1.47 bits per heavy atom. The third-order valence-electron chi connectivity index (χ3n) is 3.01. The second kappa shape index (κ2) is 5.81. The predicted molar refractivity (Wildman–Crippen MR) is 72.6 cm³/mol. The maximum atomic E-state index is 12.4.